The van der Waals surface area contributed by atoms with E-state index >= 15 is 0 Å². The first-order valence-corrected chi connectivity index (χ1v) is 12.0. The van der Waals surface area contributed by atoms with Gasteiger partial charge in [0.05, 0.1) is 5.75 Å². The zero-order valence-corrected chi connectivity index (χ0v) is 14.4. The highest BCUT2D eigenvalue weighted by Crippen LogP contribution is 2.48. The quantitative estimate of drug-likeness (QED) is 0.609. The van der Waals surface area contributed by atoms with Crippen molar-refractivity contribution in [3.05, 3.63) is 0 Å². The Morgan fingerprint density at radius 2 is 1.90 bits per heavy atom. The third kappa shape index (κ3) is 5.88. The lowest BCUT2D eigenvalue weighted by Gasteiger charge is -2.45. The number of halogens is 3. The lowest BCUT2D eigenvalue weighted by Crippen LogP contribution is -2.55. The minimum atomic E-state index is -4.47. The average Bonchev–Trinajstić information content (AvgIpc) is 2.22. The fourth-order valence-corrected chi connectivity index (χ4v) is 5.01. The smallest absolute Gasteiger partial charge is 0.404 e. The maximum Gasteiger partial charge on any atom is 0.416 e. The molecule has 0 aromatic rings. The van der Waals surface area contributed by atoms with Gasteiger partial charge in [-0.25, -0.2) is 0 Å². The van der Waals surface area contributed by atoms with Crippen LogP contribution in [-0.4, -0.2) is 38.8 Å². The predicted octanol–water partition coefficient (Wildman–Crippen LogP) is 3.61. The van der Waals surface area contributed by atoms with Crippen molar-refractivity contribution in [3.63, 3.8) is 0 Å². The van der Waals surface area contributed by atoms with E-state index in [0.29, 0.717) is 12.8 Å². The van der Waals surface area contributed by atoms with Crippen LogP contribution in [0, 0.1) is 5.92 Å². The van der Waals surface area contributed by atoms with Crippen molar-refractivity contribution < 1.29 is 30.6 Å². The van der Waals surface area contributed by atoms with Gasteiger partial charge < -0.3 is 4.43 Å². The van der Waals surface area contributed by atoms with Crippen molar-refractivity contribution in [1.82, 2.24) is 0 Å². The summed E-state index contributed by atoms with van der Waals surface area (Å²) in [5.74, 6) is -0.905. The van der Waals surface area contributed by atoms with E-state index in [1.807, 2.05) is 0 Å². The van der Waals surface area contributed by atoms with Crippen LogP contribution >= 0.6 is 0 Å². The van der Waals surface area contributed by atoms with Crippen LogP contribution < -0.4 is 0 Å². The van der Waals surface area contributed by atoms with Crippen LogP contribution in [0.15, 0.2) is 0 Å². The van der Waals surface area contributed by atoms with E-state index in [4.69, 9.17) is 8.98 Å². The normalized spacial score (nSPS) is 28.6. The van der Waals surface area contributed by atoms with Gasteiger partial charge in [-0.15, -0.1) is 0 Å². The van der Waals surface area contributed by atoms with Gasteiger partial charge in [-0.1, -0.05) is 6.42 Å². The molecule has 0 aliphatic heterocycles. The molecule has 21 heavy (non-hydrogen) atoms. The molecule has 2 atom stereocenters. The highest BCUT2D eigenvalue weighted by Gasteiger charge is 2.58. The van der Waals surface area contributed by atoms with Gasteiger partial charge in [0.1, 0.15) is 0 Å². The molecule has 0 aromatic heterocycles. The summed E-state index contributed by atoms with van der Waals surface area (Å²) in [6.45, 7) is 5.13. The molecule has 4 nitrogen and oxygen atoms in total. The van der Waals surface area contributed by atoms with Crippen LogP contribution in [-0.2, 0) is 14.5 Å². The molecular weight excluding hydrogens is 325 g/mol. The molecule has 0 radical (unpaired) electrons. The predicted molar refractivity (Wildman–Crippen MR) is 76.2 cm³/mol. The molecule has 1 rings (SSSR count). The Bertz CT molecular complexity index is 458. The molecule has 1 aliphatic rings. The molecule has 9 heteroatoms. The molecule has 0 heterocycles. The summed E-state index contributed by atoms with van der Waals surface area (Å²) >= 11 is 0. The van der Waals surface area contributed by atoms with Gasteiger partial charge in [0.2, 0.25) is 0 Å². The molecule has 2 unspecified atom stereocenters. The minimum Gasteiger partial charge on any atom is -0.404 e. The van der Waals surface area contributed by atoms with E-state index in [1.54, 1.807) is 19.6 Å². The summed E-state index contributed by atoms with van der Waals surface area (Å²) in [6.07, 6.45) is -3.86. The Morgan fingerprint density at radius 1 is 1.33 bits per heavy atom. The number of hydrogen-bond acceptors (Lipinski definition) is 3. The summed E-state index contributed by atoms with van der Waals surface area (Å²) < 4.78 is 76.3. The fraction of sp³-hybridized carbons (Fsp3) is 1.00. The highest BCUT2D eigenvalue weighted by molar-refractivity contribution is 7.85. The van der Waals surface area contributed by atoms with Gasteiger partial charge in [-0.3, -0.25) is 4.55 Å². The Kier molecular flexibility index (Phi) is 5.56. The molecule has 126 valence electrons. The SMILES string of the molecule is C[Si](C)(C)OC1(C(F)(F)F)CCCC(CCS(=O)(=O)O)C1. The van der Waals surface area contributed by atoms with Crippen LogP contribution in [0.2, 0.25) is 19.6 Å². The standard InChI is InChI=1S/C12H23F3O4SSi/c1-21(2,3)19-11(12(13,14)15)7-4-5-10(9-11)6-8-20(16,17)18/h10H,4-9H2,1-3H3,(H,16,17,18). The Balaban J connectivity index is 2.89. The van der Waals surface area contributed by atoms with Crippen LogP contribution in [0.25, 0.3) is 0 Å². The van der Waals surface area contributed by atoms with Crippen LogP contribution in [0.5, 0.6) is 0 Å². The third-order valence-electron chi connectivity index (χ3n) is 3.61. The molecule has 0 spiro atoms. The molecule has 1 aliphatic carbocycles. The van der Waals surface area contributed by atoms with E-state index < -0.39 is 41.9 Å². The highest BCUT2D eigenvalue weighted by atomic mass is 32.2. The Labute approximate surface area is 124 Å². The lowest BCUT2D eigenvalue weighted by atomic mass is 9.76. The van der Waals surface area contributed by atoms with E-state index in [2.05, 4.69) is 0 Å². The van der Waals surface area contributed by atoms with Crippen LogP contribution in [0.1, 0.15) is 32.1 Å². The van der Waals surface area contributed by atoms with Gasteiger partial charge >= 0.3 is 6.18 Å². The van der Waals surface area contributed by atoms with Crippen molar-refractivity contribution in [1.29, 1.82) is 0 Å². The van der Waals surface area contributed by atoms with Crippen LogP contribution in [0.4, 0.5) is 13.2 Å². The largest absolute Gasteiger partial charge is 0.416 e. The topological polar surface area (TPSA) is 63.6 Å². The number of rotatable bonds is 5. The lowest BCUT2D eigenvalue weighted by molar-refractivity contribution is -0.266. The van der Waals surface area contributed by atoms with E-state index in [1.165, 1.54) is 0 Å². The van der Waals surface area contributed by atoms with Crippen molar-refractivity contribution in [2.45, 2.75) is 63.5 Å². The summed E-state index contributed by atoms with van der Waals surface area (Å²) in [5, 5.41) is 0. The Morgan fingerprint density at radius 3 is 2.33 bits per heavy atom. The van der Waals surface area contributed by atoms with E-state index in [9.17, 15) is 21.6 Å². The number of alkyl halides is 3. The number of hydrogen-bond donors (Lipinski definition) is 1. The third-order valence-corrected chi connectivity index (χ3v) is 5.37. The van der Waals surface area contributed by atoms with Crippen molar-refractivity contribution in [3.8, 4) is 0 Å². The van der Waals surface area contributed by atoms with Gasteiger partial charge in [-0.05, 0) is 51.2 Å². The van der Waals surface area contributed by atoms with E-state index in [0.717, 1.165) is 0 Å². The second-order valence-electron chi connectivity index (χ2n) is 6.74. The van der Waals surface area contributed by atoms with Gasteiger partial charge in [0, 0.05) is 0 Å². The summed E-state index contributed by atoms with van der Waals surface area (Å²) in [6, 6.07) is 0. The first-order valence-electron chi connectivity index (χ1n) is 6.96. The van der Waals surface area contributed by atoms with Crippen molar-refractivity contribution >= 4 is 18.4 Å². The Hall–Kier alpha value is -0.123. The van der Waals surface area contributed by atoms with Gasteiger partial charge in [0.15, 0.2) is 13.9 Å². The fourth-order valence-electron chi connectivity index (χ4n) is 2.90. The van der Waals surface area contributed by atoms with E-state index in [-0.39, 0.29) is 19.3 Å². The maximum atomic E-state index is 13.5. The van der Waals surface area contributed by atoms with Crippen molar-refractivity contribution in [2.75, 3.05) is 5.75 Å². The molecule has 1 fully saturated rings. The van der Waals surface area contributed by atoms with Gasteiger partial charge in [-0.2, -0.15) is 21.6 Å². The maximum absolute atomic E-state index is 13.5. The molecular formula is C12H23F3O4SSi. The molecule has 0 saturated heterocycles. The first kappa shape index (κ1) is 18.9. The van der Waals surface area contributed by atoms with Crippen LogP contribution in [0.3, 0.4) is 0 Å². The second-order valence-corrected chi connectivity index (χ2v) is 12.7. The first-order chi connectivity index (χ1) is 9.24. The molecule has 0 bridgehead atoms. The zero-order valence-electron chi connectivity index (χ0n) is 12.5. The van der Waals surface area contributed by atoms with Gasteiger partial charge in [0.25, 0.3) is 10.1 Å². The average molecular weight is 348 g/mol. The molecule has 0 amide bonds. The molecule has 0 aromatic carbocycles. The summed E-state index contributed by atoms with van der Waals surface area (Å²) in [7, 11) is -6.55. The molecule has 1 N–H and O–H groups in total. The minimum absolute atomic E-state index is 0.0335. The zero-order chi connectivity index (χ0) is 16.5. The monoisotopic (exact) mass is 348 g/mol. The summed E-state index contributed by atoms with van der Waals surface area (Å²) in [4.78, 5) is 0. The molecule has 1 saturated carbocycles. The van der Waals surface area contributed by atoms with Crippen molar-refractivity contribution in [2.24, 2.45) is 5.92 Å². The summed E-state index contributed by atoms with van der Waals surface area (Å²) in [5.41, 5.74) is -2.17. The second kappa shape index (κ2) is 6.17.